The van der Waals surface area contributed by atoms with Crippen LogP contribution in [0.1, 0.15) is 32.6 Å². The van der Waals surface area contributed by atoms with Gasteiger partial charge in [0.1, 0.15) is 0 Å². The second-order valence-electron chi connectivity index (χ2n) is 3.80. The van der Waals surface area contributed by atoms with Gasteiger partial charge in [0.25, 0.3) is 0 Å². The number of carboxylic acid groups (broad SMARTS) is 1. The fourth-order valence-electron chi connectivity index (χ4n) is 2.10. The van der Waals surface area contributed by atoms with Crippen LogP contribution < -0.4 is 0 Å². The van der Waals surface area contributed by atoms with Crippen LogP contribution in [0.2, 0.25) is 0 Å². The first-order valence-corrected chi connectivity index (χ1v) is 5.01. The first-order chi connectivity index (χ1) is 6.64. The second kappa shape index (κ2) is 4.75. The van der Waals surface area contributed by atoms with Crippen molar-refractivity contribution < 1.29 is 19.4 Å². The van der Waals surface area contributed by atoms with Crippen molar-refractivity contribution in [1.29, 1.82) is 0 Å². The lowest BCUT2D eigenvalue weighted by Crippen LogP contribution is -2.32. The van der Waals surface area contributed by atoms with Crippen molar-refractivity contribution in [1.82, 2.24) is 0 Å². The second-order valence-corrected chi connectivity index (χ2v) is 3.80. The molecule has 0 amide bonds. The van der Waals surface area contributed by atoms with Gasteiger partial charge in [-0.2, -0.15) is 0 Å². The Labute approximate surface area is 84.2 Å². The van der Waals surface area contributed by atoms with Gasteiger partial charge >= 0.3 is 5.97 Å². The number of hydrogen-bond donors (Lipinski definition) is 1. The SMILES string of the molecule is CC[C@@]1(CCC(=O)O)CCOC1OC. The molecule has 0 saturated carbocycles. The van der Waals surface area contributed by atoms with Gasteiger partial charge in [0, 0.05) is 18.9 Å². The van der Waals surface area contributed by atoms with Gasteiger partial charge in [-0.25, -0.2) is 0 Å². The Hall–Kier alpha value is -0.610. The van der Waals surface area contributed by atoms with E-state index in [9.17, 15) is 4.79 Å². The van der Waals surface area contributed by atoms with Crippen molar-refractivity contribution in [3.05, 3.63) is 0 Å². The van der Waals surface area contributed by atoms with Crippen LogP contribution in [0.3, 0.4) is 0 Å². The first kappa shape index (κ1) is 11.5. The normalized spacial score (nSPS) is 32.0. The maximum absolute atomic E-state index is 10.5. The maximum Gasteiger partial charge on any atom is 0.303 e. The van der Waals surface area contributed by atoms with E-state index in [4.69, 9.17) is 14.6 Å². The molecule has 1 saturated heterocycles. The molecule has 2 atom stereocenters. The molecule has 4 heteroatoms. The highest BCUT2D eigenvalue weighted by Gasteiger charge is 2.42. The summed E-state index contributed by atoms with van der Waals surface area (Å²) in [5, 5.41) is 8.66. The molecule has 1 fully saturated rings. The Kier molecular flexibility index (Phi) is 3.89. The van der Waals surface area contributed by atoms with Crippen LogP contribution in [0.5, 0.6) is 0 Å². The zero-order valence-electron chi connectivity index (χ0n) is 8.78. The van der Waals surface area contributed by atoms with E-state index in [1.165, 1.54) is 0 Å². The highest BCUT2D eigenvalue weighted by atomic mass is 16.7. The van der Waals surface area contributed by atoms with Crippen molar-refractivity contribution in [3.63, 3.8) is 0 Å². The third kappa shape index (κ3) is 2.25. The average molecular weight is 202 g/mol. The molecule has 1 rings (SSSR count). The van der Waals surface area contributed by atoms with E-state index < -0.39 is 5.97 Å². The number of hydrogen-bond acceptors (Lipinski definition) is 3. The molecule has 4 nitrogen and oxygen atoms in total. The third-order valence-corrected chi connectivity index (χ3v) is 3.12. The summed E-state index contributed by atoms with van der Waals surface area (Å²) in [6.07, 6.45) is 2.40. The Morgan fingerprint density at radius 1 is 1.71 bits per heavy atom. The molecule has 0 aliphatic carbocycles. The Morgan fingerprint density at radius 2 is 2.43 bits per heavy atom. The van der Waals surface area contributed by atoms with Crippen molar-refractivity contribution in [2.24, 2.45) is 5.41 Å². The van der Waals surface area contributed by atoms with Crippen molar-refractivity contribution in [3.8, 4) is 0 Å². The predicted molar refractivity (Wildman–Crippen MR) is 51.0 cm³/mol. The fraction of sp³-hybridized carbons (Fsp3) is 0.900. The smallest absolute Gasteiger partial charge is 0.303 e. The van der Waals surface area contributed by atoms with E-state index in [0.717, 1.165) is 12.8 Å². The number of methoxy groups -OCH3 is 1. The van der Waals surface area contributed by atoms with Gasteiger partial charge in [0.2, 0.25) is 0 Å². The largest absolute Gasteiger partial charge is 0.481 e. The van der Waals surface area contributed by atoms with Gasteiger partial charge in [-0.3, -0.25) is 4.79 Å². The minimum atomic E-state index is -0.750. The van der Waals surface area contributed by atoms with Crippen LogP contribution in [0, 0.1) is 5.41 Å². The Bertz CT molecular complexity index is 204. The minimum Gasteiger partial charge on any atom is -0.481 e. The average Bonchev–Trinajstić information content (AvgIpc) is 2.58. The monoisotopic (exact) mass is 202 g/mol. The fourth-order valence-corrected chi connectivity index (χ4v) is 2.10. The molecule has 14 heavy (non-hydrogen) atoms. The zero-order chi connectivity index (χ0) is 10.6. The molecular formula is C10H18O4. The highest BCUT2D eigenvalue weighted by Crippen LogP contribution is 2.42. The molecular weight excluding hydrogens is 184 g/mol. The van der Waals surface area contributed by atoms with Gasteiger partial charge in [0.05, 0.1) is 6.61 Å². The number of ether oxygens (including phenoxy) is 2. The summed E-state index contributed by atoms with van der Waals surface area (Å²) < 4.78 is 10.7. The molecule has 0 aromatic carbocycles. The summed E-state index contributed by atoms with van der Waals surface area (Å²) in [6, 6.07) is 0. The number of aliphatic carboxylic acids is 1. The minimum absolute atomic E-state index is 0.0901. The van der Waals surface area contributed by atoms with Crippen LogP contribution >= 0.6 is 0 Å². The molecule has 1 aliphatic rings. The number of carboxylic acids is 1. The molecule has 0 bridgehead atoms. The van der Waals surface area contributed by atoms with Crippen LogP contribution in [0.15, 0.2) is 0 Å². The van der Waals surface area contributed by atoms with Gasteiger partial charge in [-0.15, -0.1) is 0 Å². The zero-order valence-corrected chi connectivity index (χ0v) is 8.78. The molecule has 1 unspecified atom stereocenters. The van der Waals surface area contributed by atoms with Crippen molar-refractivity contribution >= 4 is 5.97 Å². The van der Waals surface area contributed by atoms with E-state index in [2.05, 4.69) is 6.92 Å². The molecule has 0 spiro atoms. The summed E-state index contributed by atoms with van der Waals surface area (Å²) >= 11 is 0. The summed E-state index contributed by atoms with van der Waals surface area (Å²) in [6.45, 7) is 2.73. The summed E-state index contributed by atoms with van der Waals surface area (Å²) in [4.78, 5) is 10.5. The van der Waals surface area contributed by atoms with Gasteiger partial charge in [-0.1, -0.05) is 6.92 Å². The lowest BCUT2D eigenvalue weighted by molar-refractivity contribution is -0.151. The predicted octanol–water partition coefficient (Wildman–Crippen LogP) is 1.64. The molecule has 0 radical (unpaired) electrons. The maximum atomic E-state index is 10.5. The Balaban J connectivity index is 2.59. The van der Waals surface area contributed by atoms with Crippen molar-refractivity contribution in [2.75, 3.05) is 13.7 Å². The topological polar surface area (TPSA) is 55.8 Å². The van der Waals surface area contributed by atoms with E-state index in [-0.39, 0.29) is 18.1 Å². The molecule has 0 aromatic heterocycles. The standard InChI is InChI=1S/C10H18O4/c1-3-10(5-4-8(11)12)6-7-14-9(10)13-2/h9H,3-7H2,1-2H3,(H,11,12)/t9?,10-/m1/s1. The van der Waals surface area contributed by atoms with Crippen LogP contribution in [-0.4, -0.2) is 31.1 Å². The number of rotatable bonds is 5. The van der Waals surface area contributed by atoms with Crippen LogP contribution in [0.4, 0.5) is 0 Å². The van der Waals surface area contributed by atoms with Gasteiger partial charge in [-0.05, 0) is 19.3 Å². The number of carbonyl (C=O) groups is 1. The molecule has 0 aromatic rings. The summed E-state index contributed by atoms with van der Waals surface area (Å²) in [7, 11) is 1.61. The third-order valence-electron chi connectivity index (χ3n) is 3.12. The highest BCUT2D eigenvalue weighted by molar-refractivity contribution is 5.66. The van der Waals surface area contributed by atoms with Gasteiger partial charge < -0.3 is 14.6 Å². The Morgan fingerprint density at radius 3 is 2.93 bits per heavy atom. The van der Waals surface area contributed by atoms with Gasteiger partial charge in [0.15, 0.2) is 6.29 Å². The van der Waals surface area contributed by atoms with Crippen LogP contribution in [0.25, 0.3) is 0 Å². The lowest BCUT2D eigenvalue weighted by Gasteiger charge is -2.31. The van der Waals surface area contributed by atoms with E-state index in [1.807, 2.05) is 0 Å². The van der Waals surface area contributed by atoms with E-state index >= 15 is 0 Å². The quantitative estimate of drug-likeness (QED) is 0.736. The van der Waals surface area contributed by atoms with E-state index in [0.29, 0.717) is 13.0 Å². The molecule has 1 aliphatic heterocycles. The molecule has 82 valence electrons. The summed E-state index contributed by atoms with van der Waals surface area (Å²) in [5.41, 5.74) is -0.0901. The molecule has 1 heterocycles. The van der Waals surface area contributed by atoms with Crippen LogP contribution in [-0.2, 0) is 14.3 Å². The summed E-state index contributed by atoms with van der Waals surface area (Å²) in [5.74, 6) is -0.750. The molecule has 1 N–H and O–H groups in total. The van der Waals surface area contributed by atoms with E-state index in [1.54, 1.807) is 7.11 Å². The lowest BCUT2D eigenvalue weighted by atomic mass is 9.78. The first-order valence-electron chi connectivity index (χ1n) is 5.01. The van der Waals surface area contributed by atoms with Crippen molar-refractivity contribution in [2.45, 2.75) is 38.9 Å².